The number of amides is 2. The second-order valence-electron chi connectivity index (χ2n) is 6.35. The minimum absolute atomic E-state index is 0.126. The third kappa shape index (κ3) is 6.82. The standard InChI is InChI=1S/C19H19N5O6S/c1-2-3-8-20-17(25)12-4-6-14(7-5-12)21-19(31)22-18(26)13-9-15(23(27)28)11-16(10-13)24(29)30/h4-7,9-11H,2-3,8H2,1H3,(H,20,25)(H2,21,22,26,31). The molecule has 0 saturated carbocycles. The van der Waals surface area contributed by atoms with E-state index in [0.717, 1.165) is 31.0 Å². The van der Waals surface area contributed by atoms with Crippen molar-refractivity contribution in [1.29, 1.82) is 0 Å². The van der Waals surface area contributed by atoms with Crippen LogP contribution in [0.4, 0.5) is 17.1 Å². The fraction of sp³-hybridized carbons (Fsp3) is 0.211. The highest BCUT2D eigenvalue weighted by molar-refractivity contribution is 7.80. The van der Waals surface area contributed by atoms with Crippen LogP contribution >= 0.6 is 12.2 Å². The Morgan fingerprint density at radius 3 is 2.03 bits per heavy atom. The van der Waals surface area contributed by atoms with Crippen LogP contribution in [0.2, 0.25) is 0 Å². The molecule has 0 atom stereocenters. The van der Waals surface area contributed by atoms with Gasteiger partial charge >= 0.3 is 0 Å². The quantitative estimate of drug-likeness (QED) is 0.242. The predicted molar refractivity (Wildman–Crippen MR) is 117 cm³/mol. The number of nitro benzene ring substituents is 2. The number of carbonyl (C=O) groups excluding carboxylic acids is 2. The highest BCUT2D eigenvalue weighted by Gasteiger charge is 2.20. The topological polar surface area (TPSA) is 157 Å². The number of unbranched alkanes of at least 4 members (excludes halogenated alkanes) is 1. The average molecular weight is 445 g/mol. The maximum Gasteiger partial charge on any atom is 0.277 e. The van der Waals surface area contributed by atoms with Crippen LogP contribution < -0.4 is 16.0 Å². The number of thiocarbonyl (C=S) groups is 1. The second kappa shape index (κ2) is 10.7. The van der Waals surface area contributed by atoms with Gasteiger partial charge in [-0.1, -0.05) is 13.3 Å². The van der Waals surface area contributed by atoms with E-state index in [4.69, 9.17) is 12.2 Å². The highest BCUT2D eigenvalue weighted by Crippen LogP contribution is 2.22. The van der Waals surface area contributed by atoms with E-state index in [1.807, 2.05) is 6.92 Å². The molecular weight excluding hydrogens is 426 g/mol. The van der Waals surface area contributed by atoms with Gasteiger partial charge in [-0.15, -0.1) is 0 Å². The number of non-ortho nitro benzene ring substituents is 2. The van der Waals surface area contributed by atoms with E-state index in [1.165, 1.54) is 0 Å². The Hall–Kier alpha value is -3.93. The van der Waals surface area contributed by atoms with Gasteiger partial charge in [0.1, 0.15) is 0 Å². The van der Waals surface area contributed by atoms with Crippen molar-refractivity contribution in [3.05, 3.63) is 73.8 Å². The molecule has 2 amide bonds. The second-order valence-corrected chi connectivity index (χ2v) is 6.76. The molecule has 0 fully saturated rings. The number of nitrogens with zero attached hydrogens (tertiary/aromatic N) is 2. The Kier molecular flexibility index (Phi) is 8.09. The van der Waals surface area contributed by atoms with E-state index in [0.29, 0.717) is 17.8 Å². The van der Waals surface area contributed by atoms with Crippen molar-refractivity contribution in [3.8, 4) is 0 Å². The molecule has 0 unspecified atom stereocenters. The van der Waals surface area contributed by atoms with Crippen molar-refractivity contribution in [2.45, 2.75) is 19.8 Å². The van der Waals surface area contributed by atoms with Gasteiger partial charge in [0.2, 0.25) is 0 Å². The highest BCUT2D eigenvalue weighted by atomic mass is 32.1. The first kappa shape index (κ1) is 23.3. The molecule has 0 bridgehead atoms. The summed E-state index contributed by atoms with van der Waals surface area (Å²) < 4.78 is 0. The lowest BCUT2D eigenvalue weighted by Crippen LogP contribution is -2.34. The fourth-order valence-corrected chi connectivity index (χ4v) is 2.67. The molecule has 0 radical (unpaired) electrons. The molecule has 0 aliphatic heterocycles. The minimum atomic E-state index is -0.851. The molecule has 31 heavy (non-hydrogen) atoms. The number of rotatable bonds is 8. The number of benzene rings is 2. The minimum Gasteiger partial charge on any atom is -0.352 e. The van der Waals surface area contributed by atoms with Crippen molar-refractivity contribution in [1.82, 2.24) is 10.6 Å². The van der Waals surface area contributed by atoms with Gasteiger partial charge in [0, 0.05) is 29.9 Å². The summed E-state index contributed by atoms with van der Waals surface area (Å²) in [4.78, 5) is 44.6. The Morgan fingerprint density at radius 1 is 0.935 bits per heavy atom. The van der Waals surface area contributed by atoms with Crippen LogP contribution in [0.15, 0.2) is 42.5 Å². The SMILES string of the molecule is CCCCNC(=O)c1ccc(NC(=S)NC(=O)c2cc([N+](=O)[O-])cc([N+](=O)[O-])c2)cc1. The van der Waals surface area contributed by atoms with Gasteiger partial charge in [0.15, 0.2) is 5.11 Å². The molecule has 11 nitrogen and oxygen atoms in total. The van der Waals surface area contributed by atoms with E-state index in [2.05, 4.69) is 16.0 Å². The first-order valence-corrected chi connectivity index (χ1v) is 9.56. The summed E-state index contributed by atoms with van der Waals surface area (Å²) in [6.45, 7) is 2.61. The molecule has 162 valence electrons. The maximum atomic E-state index is 12.3. The smallest absolute Gasteiger partial charge is 0.277 e. The van der Waals surface area contributed by atoms with Crippen LogP contribution in [0, 0.1) is 20.2 Å². The summed E-state index contributed by atoms with van der Waals surface area (Å²) in [6.07, 6.45) is 1.85. The van der Waals surface area contributed by atoms with E-state index < -0.39 is 27.1 Å². The number of anilines is 1. The lowest BCUT2D eigenvalue weighted by molar-refractivity contribution is -0.394. The monoisotopic (exact) mass is 445 g/mol. The Bertz CT molecular complexity index is 993. The maximum absolute atomic E-state index is 12.3. The molecule has 0 aromatic heterocycles. The summed E-state index contributed by atoms with van der Waals surface area (Å²) in [7, 11) is 0. The molecule has 12 heteroatoms. The normalized spacial score (nSPS) is 10.1. The van der Waals surface area contributed by atoms with Gasteiger partial charge in [0.25, 0.3) is 23.2 Å². The van der Waals surface area contributed by atoms with Crippen LogP contribution in [-0.2, 0) is 0 Å². The molecule has 2 aromatic carbocycles. The number of hydrogen-bond donors (Lipinski definition) is 3. The van der Waals surface area contributed by atoms with Crippen LogP contribution in [0.5, 0.6) is 0 Å². The van der Waals surface area contributed by atoms with Crippen molar-refractivity contribution < 1.29 is 19.4 Å². The van der Waals surface area contributed by atoms with Crippen molar-refractivity contribution in [3.63, 3.8) is 0 Å². The van der Waals surface area contributed by atoms with Gasteiger partial charge in [0.05, 0.1) is 21.5 Å². The molecule has 0 aliphatic rings. The van der Waals surface area contributed by atoms with Crippen molar-refractivity contribution in [2.75, 3.05) is 11.9 Å². The number of nitro groups is 2. The Morgan fingerprint density at radius 2 is 1.52 bits per heavy atom. The summed E-state index contributed by atoms with van der Waals surface area (Å²) >= 11 is 5.05. The van der Waals surface area contributed by atoms with Gasteiger partial charge in [-0.3, -0.25) is 35.1 Å². The molecule has 2 aromatic rings. The summed E-state index contributed by atoms with van der Waals surface area (Å²) in [5.74, 6) is -1.06. The number of carbonyl (C=O) groups is 2. The zero-order valence-electron chi connectivity index (χ0n) is 16.4. The van der Waals surface area contributed by atoms with Gasteiger partial charge in [-0.2, -0.15) is 0 Å². The first-order chi connectivity index (χ1) is 14.7. The lowest BCUT2D eigenvalue weighted by atomic mass is 10.1. The van der Waals surface area contributed by atoms with Gasteiger partial charge in [-0.05, 0) is 42.9 Å². The van der Waals surface area contributed by atoms with Crippen molar-refractivity contribution >= 4 is 46.2 Å². The molecule has 0 aliphatic carbocycles. The van der Waals surface area contributed by atoms with Gasteiger partial charge in [-0.25, -0.2) is 0 Å². The van der Waals surface area contributed by atoms with Crippen LogP contribution in [0.1, 0.15) is 40.5 Å². The Balaban J connectivity index is 2.02. The predicted octanol–water partition coefficient (Wildman–Crippen LogP) is 3.16. The van der Waals surface area contributed by atoms with Crippen LogP contribution in [0.25, 0.3) is 0 Å². The fourth-order valence-electron chi connectivity index (χ4n) is 2.46. The molecule has 0 heterocycles. The van der Waals surface area contributed by atoms with Gasteiger partial charge < -0.3 is 10.6 Å². The summed E-state index contributed by atoms with van der Waals surface area (Å²) in [5.41, 5.74) is -0.526. The number of nitrogens with one attached hydrogen (secondary N) is 3. The van der Waals surface area contributed by atoms with E-state index >= 15 is 0 Å². The third-order valence-electron chi connectivity index (χ3n) is 4.03. The lowest BCUT2D eigenvalue weighted by Gasteiger charge is -2.10. The van der Waals surface area contributed by atoms with Crippen molar-refractivity contribution in [2.24, 2.45) is 0 Å². The third-order valence-corrected chi connectivity index (χ3v) is 4.24. The van der Waals surface area contributed by atoms with Crippen LogP contribution in [0.3, 0.4) is 0 Å². The molecule has 3 N–H and O–H groups in total. The van der Waals surface area contributed by atoms with E-state index in [9.17, 15) is 29.8 Å². The average Bonchev–Trinajstić information content (AvgIpc) is 2.73. The zero-order chi connectivity index (χ0) is 23.0. The molecular formula is C19H19N5O6S. The van der Waals surface area contributed by atoms with Crippen LogP contribution in [-0.4, -0.2) is 33.3 Å². The zero-order valence-corrected chi connectivity index (χ0v) is 17.2. The largest absolute Gasteiger partial charge is 0.352 e. The van der Waals surface area contributed by atoms with E-state index in [-0.39, 0.29) is 16.6 Å². The first-order valence-electron chi connectivity index (χ1n) is 9.15. The molecule has 2 rings (SSSR count). The summed E-state index contributed by atoms with van der Waals surface area (Å²) in [6, 6.07) is 8.92. The Labute approximate surface area is 182 Å². The number of hydrogen-bond acceptors (Lipinski definition) is 7. The molecule has 0 spiro atoms. The molecule has 0 saturated heterocycles. The van der Waals surface area contributed by atoms with E-state index in [1.54, 1.807) is 24.3 Å². The summed E-state index contributed by atoms with van der Waals surface area (Å²) in [5, 5.41) is 29.6.